The van der Waals surface area contributed by atoms with Crippen LogP contribution < -0.4 is 21.3 Å². The van der Waals surface area contributed by atoms with Crippen LogP contribution in [0.4, 0.5) is 11.6 Å². The first-order valence-corrected chi connectivity index (χ1v) is 6.62. The van der Waals surface area contributed by atoms with E-state index in [4.69, 9.17) is 10.6 Å². The van der Waals surface area contributed by atoms with Crippen LogP contribution in [0.15, 0.2) is 30.6 Å². The zero-order chi connectivity index (χ0) is 13.9. The molecule has 0 fully saturated rings. The molecule has 20 heavy (non-hydrogen) atoms. The Morgan fingerprint density at radius 1 is 1.30 bits per heavy atom. The Hall–Kier alpha value is -2.34. The summed E-state index contributed by atoms with van der Waals surface area (Å²) in [7, 11) is 0. The molecule has 4 N–H and O–H groups in total. The molecule has 2 aromatic rings. The van der Waals surface area contributed by atoms with Crippen LogP contribution in [0.5, 0.6) is 5.75 Å². The van der Waals surface area contributed by atoms with Gasteiger partial charge in [0, 0.05) is 11.1 Å². The average Bonchev–Trinajstić information content (AvgIpc) is 2.90. The summed E-state index contributed by atoms with van der Waals surface area (Å²) >= 11 is 0. The number of hydrogen-bond donors (Lipinski definition) is 3. The highest BCUT2D eigenvalue weighted by Gasteiger charge is 2.24. The zero-order valence-electron chi connectivity index (χ0n) is 11.3. The third-order valence-corrected chi connectivity index (χ3v) is 3.45. The van der Waals surface area contributed by atoms with Gasteiger partial charge in [0.2, 0.25) is 0 Å². The first kappa shape index (κ1) is 12.7. The van der Waals surface area contributed by atoms with E-state index in [9.17, 15) is 0 Å². The largest absolute Gasteiger partial charge is 0.491 e. The summed E-state index contributed by atoms with van der Waals surface area (Å²) in [5.74, 6) is 7.85. The van der Waals surface area contributed by atoms with Crippen LogP contribution in [0.25, 0.3) is 0 Å². The van der Waals surface area contributed by atoms with E-state index < -0.39 is 0 Å². The maximum atomic E-state index is 5.67. The SMILES string of the molecule is CCc1c(NN)ncnc1NC1COc2ccccc21. The highest BCUT2D eigenvalue weighted by atomic mass is 16.5. The lowest BCUT2D eigenvalue weighted by molar-refractivity contribution is 0.339. The van der Waals surface area contributed by atoms with Crippen molar-refractivity contribution in [3.05, 3.63) is 41.7 Å². The van der Waals surface area contributed by atoms with Gasteiger partial charge in [0.15, 0.2) is 0 Å². The number of benzene rings is 1. The number of ether oxygens (including phenoxy) is 1. The molecule has 0 bridgehead atoms. The lowest BCUT2D eigenvalue weighted by Crippen LogP contribution is -2.17. The van der Waals surface area contributed by atoms with Crippen molar-refractivity contribution in [3.63, 3.8) is 0 Å². The van der Waals surface area contributed by atoms with Gasteiger partial charge in [-0.25, -0.2) is 15.8 Å². The van der Waals surface area contributed by atoms with Gasteiger partial charge in [-0.1, -0.05) is 25.1 Å². The second-order valence-electron chi connectivity index (χ2n) is 4.59. The molecule has 104 valence electrons. The molecule has 2 heterocycles. The minimum Gasteiger partial charge on any atom is -0.491 e. The fourth-order valence-corrected chi connectivity index (χ4v) is 2.44. The van der Waals surface area contributed by atoms with Gasteiger partial charge in [-0.2, -0.15) is 0 Å². The molecular weight excluding hydrogens is 254 g/mol. The molecule has 6 heteroatoms. The van der Waals surface area contributed by atoms with E-state index in [-0.39, 0.29) is 6.04 Å². The van der Waals surface area contributed by atoms with E-state index in [0.717, 1.165) is 29.1 Å². The van der Waals surface area contributed by atoms with E-state index in [1.165, 1.54) is 6.33 Å². The number of para-hydroxylation sites is 1. The first-order chi connectivity index (χ1) is 9.83. The lowest BCUT2D eigenvalue weighted by Gasteiger charge is -2.16. The Balaban J connectivity index is 1.90. The van der Waals surface area contributed by atoms with Crippen molar-refractivity contribution in [1.29, 1.82) is 0 Å². The summed E-state index contributed by atoms with van der Waals surface area (Å²) < 4.78 is 5.67. The lowest BCUT2D eigenvalue weighted by atomic mass is 10.1. The number of nitrogens with zero attached hydrogens (tertiary/aromatic N) is 2. The Morgan fingerprint density at radius 2 is 2.10 bits per heavy atom. The molecule has 1 aromatic carbocycles. The minimum atomic E-state index is 0.0945. The summed E-state index contributed by atoms with van der Waals surface area (Å²) in [6.07, 6.45) is 2.29. The van der Waals surface area contributed by atoms with Crippen molar-refractivity contribution in [2.45, 2.75) is 19.4 Å². The Kier molecular flexibility index (Phi) is 3.39. The van der Waals surface area contributed by atoms with Gasteiger partial charge >= 0.3 is 0 Å². The third-order valence-electron chi connectivity index (χ3n) is 3.45. The molecule has 0 aliphatic carbocycles. The van der Waals surface area contributed by atoms with Crippen molar-refractivity contribution in [2.75, 3.05) is 17.3 Å². The molecule has 6 nitrogen and oxygen atoms in total. The summed E-state index contributed by atoms with van der Waals surface area (Å²) in [6.45, 7) is 2.64. The maximum absolute atomic E-state index is 5.67. The smallest absolute Gasteiger partial charge is 0.148 e. The highest BCUT2D eigenvalue weighted by molar-refractivity contribution is 5.58. The molecule has 3 rings (SSSR count). The number of nitrogens with two attached hydrogens (primary N) is 1. The van der Waals surface area contributed by atoms with Crippen molar-refractivity contribution in [3.8, 4) is 5.75 Å². The molecule has 1 atom stereocenters. The number of aromatic nitrogens is 2. The summed E-state index contributed by atoms with van der Waals surface area (Å²) in [5, 5.41) is 3.42. The minimum absolute atomic E-state index is 0.0945. The Labute approximate surface area is 117 Å². The fraction of sp³-hybridized carbons (Fsp3) is 0.286. The molecule has 1 aliphatic rings. The number of hydrogen-bond acceptors (Lipinski definition) is 6. The number of anilines is 2. The van der Waals surface area contributed by atoms with Gasteiger partial charge in [-0.15, -0.1) is 0 Å². The summed E-state index contributed by atoms with van der Waals surface area (Å²) in [4.78, 5) is 8.45. The van der Waals surface area contributed by atoms with Gasteiger partial charge in [0.05, 0.1) is 6.04 Å². The van der Waals surface area contributed by atoms with Crippen LogP contribution in [0, 0.1) is 0 Å². The number of nitrogen functional groups attached to an aromatic ring is 1. The van der Waals surface area contributed by atoms with Gasteiger partial charge in [0.1, 0.15) is 30.3 Å². The van der Waals surface area contributed by atoms with E-state index in [0.29, 0.717) is 12.4 Å². The van der Waals surface area contributed by atoms with Crippen molar-refractivity contribution < 1.29 is 4.74 Å². The number of rotatable bonds is 4. The predicted octanol–water partition coefficient (Wildman–Crippen LogP) is 1.87. The van der Waals surface area contributed by atoms with Crippen LogP contribution in [-0.2, 0) is 6.42 Å². The van der Waals surface area contributed by atoms with E-state index >= 15 is 0 Å². The van der Waals surface area contributed by atoms with Gasteiger partial charge in [0.25, 0.3) is 0 Å². The predicted molar refractivity (Wildman–Crippen MR) is 77.5 cm³/mol. The normalized spacial score (nSPS) is 16.4. The van der Waals surface area contributed by atoms with Gasteiger partial charge < -0.3 is 15.5 Å². The second-order valence-corrected chi connectivity index (χ2v) is 4.59. The molecule has 0 saturated heterocycles. The quantitative estimate of drug-likeness (QED) is 0.581. The van der Waals surface area contributed by atoms with Crippen LogP contribution in [-0.4, -0.2) is 16.6 Å². The Bertz CT molecular complexity index is 616. The van der Waals surface area contributed by atoms with Gasteiger partial charge in [-0.05, 0) is 12.5 Å². The molecule has 0 spiro atoms. The molecular formula is C14H17N5O. The van der Waals surface area contributed by atoms with Gasteiger partial charge in [-0.3, -0.25) is 0 Å². The topological polar surface area (TPSA) is 85.1 Å². The standard InChI is InChI=1S/C14H17N5O/c1-2-9-13(16-8-17-14(9)19-15)18-11-7-20-12-6-4-3-5-10(11)12/h3-6,8,11H,2,7,15H2,1H3,(H2,16,17,18,19). The average molecular weight is 271 g/mol. The molecule has 0 radical (unpaired) electrons. The van der Waals surface area contributed by atoms with Crippen molar-refractivity contribution in [1.82, 2.24) is 9.97 Å². The van der Waals surface area contributed by atoms with E-state index in [1.807, 2.05) is 25.1 Å². The van der Waals surface area contributed by atoms with Crippen molar-refractivity contribution >= 4 is 11.6 Å². The van der Waals surface area contributed by atoms with Crippen LogP contribution >= 0.6 is 0 Å². The fourth-order valence-electron chi connectivity index (χ4n) is 2.44. The van der Waals surface area contributed by atoms with Crippen LogP contribution in [0.2, 0.25) is 0 Å². The molecule has 1 aliphatic heterocycles. The van der Waals surface area contributed by atoms with Crippen molar-refractivity contribution in [2.24, 2.45) is 5.84 Å². The van der Waals surface area contributed by atoms with E-state index in [2.05, 4.69) is 26.8 Å². The highest BCUT2D eigenvalue weighted by Crippen LogP contribution is 2.34. The number of nitrogens with one attached hydrogen (secondary N) is 2. The monoisotopic (exact) mass is 271 g/mol. The van der Waals surface area contributed by atoms with E-state index in [1.54, 1.807) is 0 Å². The summed E-state index contributed by atoms with van der Waals surface area (Å²) in [5.41, 5.74) is 4.73. The molecule has 0 amide bonds. The van der Waals surface area contributed by atoms with Crippen LogP contribution in [0.3, 0.4) is 0 Å². The number of hydrazine groups is 1. The summed E-state index contributed by atoms with van der Waals surface area (Å²) in [6, 6.07) is 8.12. The molecule has 1 aromatic heterocycles. The zero-order valence-corrected chi connectivity index (χ0v) is 11.3. The van der Waals surface area contributed by atoms with Crippen LogP contribution in [0.1, 0.15) is 24.1 Å². The maximum Gasteiger partial charge on any atom is 0.148 e. The Morgan fingerprint density at radius 3 is 2.90 bits per heavy atom. The first-order valence-electron chi connectivity index (χ1n) is 6.62. The molecule has 1 unspecified atom stereocenters. The second kappa shape index (κ2) is 5.34. The number of fused-ring (bicyclic) bond motifs is 1. The molecule has 0 saturated carbocycles. The third kappa shape index (κ3) is 2.14.